The third-order valence-electron chi connectivity index (χ3n) is 3.07. The molecule has 0 unspecified atom stereocenters. The highest BCUT2D eigenvalue weighted by atomic mass is 127. The molecule has 0 radical (unpaired) electrons. The fourth-order valence-electron chi connectivity index (χ4n) is 2.01. The van der Waals surface area contributed by atoms with Gasteiger partial charge < -0.3 is 4.74 Å². The van der Waals surface area contributed by atoms with E-state index in [4.69, 9.17) is 4.74 Å². The summed E-state index contributed by atoms with van der Waals surface area (Å²) < 4.78 is 8.59. The molecule has 0 N–H and O–H groups in total. The van der Waals surface area contributed by atoms with Crippen LogP contribution < -0.4 is 4.74 Å². The molecule has 1 aromatic heterocycles. The van der Waals surface area contributed by atoms with Crippen molar-refractivity contribution in [1.82, 2.24) is 7.99 Å². The summed E-state index contributed by atoms with van der Waals surface area (Å²) in [7, 11) is 0. The maximum atomic E-state index is 5.75. The van der Waals surface area contributed by atoms with Crippen molar-refractivity contribution in [3.63, 3.8) is 0 Å². The summed E-state index contributed by atoms with van der Waals surface area (Å²) >= 11 is 5.72. The van der Waals surface area contributed by atoms with Crippen LogP contribution in [-0.4, -0.2) is 7.99 Å². The summed E-state index contributed by atoms with van der Waals surface area (Å²) in [5, 5.41) is 4.21. The summed E-state index contributed by atoms with van der Waals surface area (Å²) in [6.45, 7) is 0.570. The Morgan fingerprint density at radius 1 is 1.39 bits per heavy atom. The minimum Gasteiger partial charge on any atom is -0.472 e. The first-order chi connectivity index (χ1) is 8.74. The molecule has 94 valence electrons. The van der Waals surface area contributed by atoms with Crippen molar-refractivity contribution in [2.24, 2.45) is 0 Å². The van der Waals surface area contributed by atoms with Gasteiger partial charge in [-0.2, -0.15) is 0 Å². The van der Waals surface area contributed by atoms with Gasteiger partial charge in [-0.15, -0.1) is 5.10 Å². The van der Waals surface area contributed by atoms with Crippen LogP contribution in [0.15, 0.2) is 34.9 Å². The number of benzene rings is 1. The molecule has 1 aliphatic carbocycles. The number of hydrogen-bond donors (Lipinski definition) is 0. The lowest BCUT2D eigenvalue weighted by molar-refractivity contribution is 0.291. The van der Waals surface area contributed by atoms with Gasteiger partial charge >= 0.3 is 0 Å². The van der Waals surface area contributed by atoms with E-state index < -0.39 is 0 Å². The number of halogens is 2. The van der Waals surface area contributed by atoms with Crippen molar-refractivity contribution in [2.75, 3.05) is 0 Å². The van der Waals surface area contributed by atoms with Gasteiger partial charge in [-0.05, 0) is 30.4 Å². The second-order valence-electron chi connectivity index (χ2n) is 4.41. The minimum atomic E-state index is 0.570. The van der Waals surface area contributed by atoms with Crippen molar-refractivity contribution in [3.05, 3.63) is 46.1 Å². The van der Waals surface area contributed by atoms with Crippen LogP contribution in [0.1, 0.15) is 29.9 Å². The molecule has 0 saturated heterocycles. The highest BCUT2D eigenvalue weighted by Crippen LogP contribution is 2.43. The van der Waals surface area contributed by atoms with Crippen molar-refractivity contribution in [3.8, 4) is 5.88 Å². The number of hydrogen-bond acceptors (Lipinski definition) is 2. The molecule has 0 aliphatic heterocycles. The first-order valence-corrected chi connectivity index (χ1v) is 7.62. The van der Waals surface area contributed by atoms with Crippen LogP contribution in [0.25, 0.3) is 0 Å². The van der Waals surface area contributed by atoms with E-state index in [1.165, 1.54) is 24.0 Å². The van der Waals surface area contributed by atoms with Gasteiger partial charge in [0.25, 0.3) is 0 Å². The van der Waals surface area contributed by atoms with Crippen molar-refractivity contribution < 1.29 is 4.74 Å². The molecule has 1 aromatic carbocycles. The van der Waals surface area contributed by atoms with E-state index in [2.05, 4.69) is 62.1 Å². The first-order valence-electron chi connectivity index (χ1n) is 5.86. The highest BCUT2D eigenvalue weighted by molar-refractivity contribution is 14.1. The van der Waals surface area contributed by atoms with Crippen molar-refractivity contribution in [1.29, 1.82) is 0 Å². The Morgan fingerprint density at radius 3 is 2.89 bits per heavy atom. The summed E-state index contributed by atoms with van der Waals surface area (Å²) in [6, 6.07) is 8.25. The quantitative estimate of drug-likeness (QED) is 0.692. The van der Waals surface area contributed by atoms with E-state index in [0.29, 0.717) is 12.5 Å². The molecule has 1 saturated carbocycles. The van der Waals surface area contributed by atoms with Crippen LogP contribution in [0.2, 0.25) is 0 Å². The van der Waals surface area contributed by atoms with Crippen LogP contribution in [0, 0.1) is 0 Å². The Hall–Kier alpha value is -0.560. The molecular formula is C13H12BrIN2O. The summed E-state index contributed by atoms with van der Waals surface area (Å²) in [4.78, 5) is 0. The fraction of sp³-hybridized carbons (Fsp3) is 0.308. The zero-order chi connectivity index (χ0) is 12.5. The lowest BCUT2D eigenvalue weighted by Crippen LogP contribution is -2.01. The first kappa shape index (κ1) is 12.5. The lowest BCUT2D eigenvalue weighted by atomic mass is 10.0. The molecule has 0 bridgehead atoms. The second kappa shape index (κ2) is 5.21. The van der Waals surface area contributed by atoms with Gasteiger partial charge in [-0.1, -0.05) is 28.1 Å². The van der Waals surface area contributed by atoms with Gasteiger partial charge in [0.05, 0.1) is 22.9 Å². The Balaban J connectivity index is 1.79. The molecule has 1 fully saturated rings. The summed E-state index contributed by atoms with van der Waals surface area (Å²) in [5.74, 6) is 1.39. The van der Waals surface area contributed by atoms with E-state index in [-0.39, 0.29) is 0 Å². The zero-order valence-corrected chi connectivity index (χ0v) is 13.4. The average Bonchev–Trinajstić information content (AvgIpc) is 3.11. The standard InChI is InChI=1S/C13H12BrIN2O/c14-12-3-1-2-10(9-4-5-9)11(12)8-18-13-6-7-17(15)16-13/h1-3,6-7,9H,4-5,8H2. The molecule has 1 heterocycles. The molecule has 0 atom stereocenters. The van der Waals surface area contributed by atoms with Crippen LogP contribution in [0.4, 0.5) is 0 Å². The van der Waals surface area contributed by atoms with Crippen LogP contribution in [-0.2, 0) is 6.61 Å². The van der Waals surface area contributed by atoms with Gasteiger partial charge in [-0.3, -0.25) is 0 Å². The Kier molecular flexibility index (Phi) is 3.61. The molecule has 3 nitrogen and oxygen atoms in total. The predicted octanol–water partition coefficient (Wildman–Crippen LogP) is 4.30. The largest absolute Gasteiger partial charge is 0.472 e. The molecule has 2 aromatic rings. The molecule has 0 spiro atoms. The van der Waals surface area contributed by atoms with E-state index in [9.17, 15) is 0 Å². The zero-order valence-electron chi connectivity index (χ0n) is 9.64. The monoisotopic (exact) mass is 418 g/mol. The fourth-order valence-corrected chi connectivity index (χ4v) is 2.88. The lowest BCUT2D eigenvalue weighted by Gasteiger charge is -2.11. The topological polar surface area (TPSA) is 27.1 Å². The van der Waals surface area contributed by atoms with E-state index >= 15 is 0 Å². The minimum absolute atomic E-state index is 0.570. The third-order valence-corrected chi connectivity index (χ3v) is 4.35. The molecule has 18 heavy (non-hydrogen) atoms. The van der Waals surface area contributed by atoms with E-state index in [1.54, 1.807) is 2.90 Å². The van der Waals surface area contributed by atoms with Crippen LogP contribution >= 0.6 is 38.8 Å². The van der Waals surface area contributed by atoms with Gasteiger partial charge in [0, 0.05) is 22.3 Å². The van der Waals surface area contributed by atoms with Crippen LogP contribution in [0.5, 0.6) is 5.88 Å². The molecule has 3 rings (SSSR count). The van der Waals surface area contributed by atoms with Gasteiger partial charge in [0.2, 0.25) is 5.88 Å². The highest BCUT2D eigenvalue weighted by Gasteiger charge is 2.26. The maximum Gasteiger partial charge on any atom is 0.233 e. The molecule has 5 heteroatoms. The van der Waals surface area contributed by atoms with E-state index in [0.717, 1.165) is 10.4 Å². The SMILES string of the molecule is Brc1cccc(C2CC2)c1COc1ccn(I)n1. The molecular weight excluding hydrogens is 407 g/mol. The number of aromatic nitrogens is 2. The second-order valence-corrected chi connectivity index (χ2v) is 6.26. The number of nitrogens with zero attached hydrogens (tertiary/aromatic N) is 2. The van der Waals surface area contributed by atoms with Crippen molar-refractivity contribution in [2.45, 2.75) is 25.4 Å². The van der Waals surface area contributed by atoms with Crippen molar-refractivity contribution >= 4 is 38.8 Å². The third kappa shape index (κ3) is 2.71. The van der Waals surface area contributed by atoms with Gasteiger partial charge in [0.15, 0.2) is 0 Å². The van der Waals surface area contributed by atoms with E-state index in [1.807, 2.05) is 12.3 Å². The predicted molar refractivity (Wildman–Crippen MR) is 82.1 cm³/mol. The van der Waals surface area contributed by atoms with Crippen LogP contribution in [0.3, 0.4) is 0 Å². The Morgan fingerprint density at radius 2 is 2.22 bits per heavy atom. The number of ether oxygens (including phenoxy) is 1. The normalized spacial score (nSPS) is 14.8. The molecule has 0 amide bonds. The Bertz CT molecular complexity index is 566. The maximum absolute atomic E-state index is 5.75. The average molecular weight is 419 g/mol. The summed E-state index contributed by atoms with van der Waals surface area (Å²) in [5.41, 5.74) is 2.67. The summed E-state index contributed by atoms with van der Waals surface area (Å²) in [6.07, 6.45) is 4.47. The smallest absolute Gasteiger partial charge is 0.233 e. The Labute approximate surface area is 128 Å². The van der Waals surface area contributed by atoms with Gasteiger partial charge in [0.1, 0.15) is 6.61 Å². The number of rotatable bonds is 4. The van der Waals surface area contributed by atoms with Gasteiger partial charge in [-0.25, -0.2) is 2.90 Å². The molecule has 1 aliphatic rings.